The van der Waals surface area contributed by atoms with Gasteiger partial charge in [0.15, 0.2) is 5.17 Å². The number of amides is 2. The van der Waals surface area contributed by atoms with Gasteiger partial charge in [-0.2, -0.15) is 0 Å². The molecule has 0 bridgehead atoms. The van der Waals surface area contributed by atoms with Gasteiger partial charge in [0.1, 0.15) is 5.25 Å². The second kappa shape index (κ2) is 9.27. The number of benzene rings is 2. The van der Waals surface area contributed by atoms with Gasteiger partial charge < -0.3 is 10.6 Å². The molecule has 0 aliphatic carbocycles. The second-order valence-corrected chi connectivity index (χ2v) is 8.62. The monoisotopic (exact) mass is 409 g/mol. The Kier molecular flexibility index (Phi) is 6.75. The summed E-state index contributed by atoms with van der Waals surface area (Å²) in [5.41, 5.74) is 4.90. The molecule has 2 amide bonds. The predicted octanol–water partition coefficient (Wildman–Crippen LogP) is 5.06. The number of nitrogens with one attached hydrogen (secondary N) is 2. The first-order chi connectivity index (χ1) is 13.9. The van der Waals surface area contributed by atoms with Crippen molar-refractivity contribution in [1.82, 2.24) is 5.32 Å². The molecule has 3 rings (SSSR count). The minimum Gasteiger partial charge on any atom is -0.326 e. The Balaban J connectivity index is 1.62. The van der Waals surface area contributed by atoms with Crippen LogP contribution in [0, 0.1) is 13.8 Å². The summed E-state index contributed by atoms with van der Waals surface area (Å²) in [6.07, 6.45) is 1.20. The molecule has 152 valence electrons. The first kappa shape index (κ1) is 21.1. The van der Waals surface area contributed by atoms with Crippen LogP contribution in [0.25, 0.3) is 0 Å². The zero-order valence-corrected chi connectivity index (χ0v) is 18.1. The first-order valence-corrected chi connectivity index (χ1v) is 10.8. The molecule has 0 aromatic heterocycles. The van der Waals surface area contributed by atoms with E-state index in [4.69, 9.17) is 0 Å². The van der Waals surface area contributed by atoms with Crippen LogP contribution < -0.4 is 10.6 Å². The van der Waals surface area contributed by atoms with Crippen LogP contribution in [0.4, 0.5) is 11.4 Å². The van der Waals surface area contributed by atoms with Crippen LogP contribution in [0.15, 0.2) is 47.5 Å². The maximum absolute atomic E-state index is 12.5. The topological polar surface area (TPSA) is 70.6 Å². The molecule has 1 fully saturated rings. The zero-order chi connectivity index (χ0) is 21.0. The van der Waals surface area contributed by atoms with Crippen molar-refractivity contribution in [2.75, 3.05) is 5.32 Å². The summed E-state index contributed by atoms with van der Waals surface area (Å²) in [5, 5.41) is 5.79. The predicted molar refractivity (Wildman–Crippen MR) is 121 cm³/mol. The fraction of sp³-hybridized carbons (Fsp3) is 0.348. The minimum absolute atomic E-state index is 0.107. The first-order valence-electron chi connectivity index (χ1n) is 9.89. The fourth-order valence-electron chi connectivity index (χ4n) is 3.19. The highest BCUT2D eigenvalue weighted by Gasteiger charge is 2.32. The van der Waals surface area contributed by atoms with E-state index in [0.717, 1.165) is 28.9 Å². The Bertz CT molecular complexity index is 917. The van der Waals surface area contributed by atoms with Crippen molar-refractivity contribution in [2.24, 2.45) is 4.99 Å². The van der Waals surface area contributed by atoms with Gasteiger partial charge in [-0.15, -0.1) is 0 Å². The number of rotatable bonds is 6. The number of carbonyl (C=O) groups is 2. The van der Waals surface area contributed by atoms with E-state index in [-0.39, 0.29) is 18.2 Å². The third-order valence-corrected chi connectivity index (χ3v) is 6.28. The van der Waals surface area contributed by atoms with Crippen molar-refractivity contribution in [1.29, 1.82) is 0 Å². The van der Waals surface area contributed by atoms with Crippen molar-refractivity contribution < 1.29 is 9.59 Å². The lowest BCUT2D eigenvalue weighted by atomic mass is 9.99. The number of amidine groups is 1. The molecule has 1 aliphatic heterocycles. The van der Waals surface area contributed by atoms with E-state index in [1.165, 1.54) is 17.3 Å². The van der Waals surface area contributed by atoms with E-state index < -0.39 is 5.25 Å². The Labute approximate surface area is 176 Å². The van der Waals surface area contributed by atoms with Gasteiger partial charge in [0.25, 0.3) is 0 Å². The molecule has 5 nitrogen and oxygen atoms in total. The molecule has 2 aromatic rings. The van der Waals surface area contributed by atoms with Gasteiger partial charge in [0.05, 0.1) is 5.69 Å². The number of hydrogen-bond acceptors (Lipinski definition) is 4. The Morgan fingerprint density at radius 1 is 1.17 bits per heavy atom. The number of aliphatic imine (C=N–C) groups is 1. The summed E-state index contributed by atoms with van der Waals surface area (Å²) in [6, 6.07) is 13.9. The molecule has 0 unspecified atom stereocenters. The molecule has 29 heavy (non-hydrogen) atoms. The van der Waals surface area contributed by atoms with Crippen LogP contribution in [0.1, 0.15) is 49.3 Å². The van der Waals surface area contributed by atoms with Gasteiger partial charge in [-0.25, -0.2) is 4.99 Å². The van der Waals surface area contributed by atoms with E-state index in [9.17, 15) is 9.59 Å². The number of para-hydroxylation sites is 1. The summed E-state index contributed by atoms with van der Waals surface area (Å²) in [4.78, 5) is 29.3. The maximum atomic E-state index is 12.5. The van der Waals surface area contributed by atoms with Crippen molar-refractivity contribution in [3.05, 3.63) is 59.2 Å². The molecule has 1 saturated heterocycles. The van der Waals surface area contributed by atoms with Gasteiger partial charge in [0, 0.05) is 12.1 Å². The number of nitrogens with zero attached hydrogens (tertiary/aromatic N) is 1. The summed E-state index contributed by atoms with van der Waals surface area (Å²) < 4.78 is 0. The molecule has 0 saturated carbocycles. The van der Waals surface area contributed by atoms with Crippen molar-refractivity contribution >= 4 is 40.1 Å². The van der Waals surface area contributed by atoms with Crippen LogP contribution >= 0.6 is 11.8 Å². The van der Waals surface area contributed by atoms with Crippen LogP contribution in [0.3, 0.4) is 0 Å². The van der Waals surface area contributed by atoms with Gasteiger partial charge in [-0.1, -0.05) is 55.9 Å². The quantitative estimate of drug-likeness (QED) is 0.700. The number of thioether (sulfide) groups is 1. The summed E-state index contributed by atoms with van der Waals surface area (Å²) in [5.74, 6) is 0.160. The lowest BCUT2D eigenvalue weighted by Gasteiger charge is -2.12. The molecule has 1 aliphatic rings. The number of hydrogen-bond donors (Lipinski definition) is 2. The van der Waals surface area contributed by atoms with E-state index in [1.807, 2.05) is 44.2 Å². The Hall–Kier alpha value is -2.60. The van der Waals surface area contributed by atoms with Crippen LogP contribution in [-0.4, -0.2) is 22.2 Å². The van der Waals surface area contributed by atoms with Crippen LogP contribution in [0.2, 0.25) is 0 Å². The summed E-state index contributed by atoms with van der Waals surface area (Å²) in [7, 11) is 0. The molecule has 6 heteroatoms. The van der Waals surface area contributed by atoms with Crippen molar-refractivity contribution in [3.8, 4) is 0 Å². The van der Waals surface area contributed by atoms with Gasteiger partial charge in [-0.05, 0) is 55.0 Å². The maximum Gasteiger partial charge on any atom is 0.240 e. The number of carbonyl (C=O) groups excluding carboxylic acids is 2. The lowest BCUT2D eigenvalue weighted by molar-refractivity contribution is -0.122. The van der Waals surface area contributed by atoms with Gasteiger partial charge in [0.2, 0.25) is 11.8 Å². The molecule has 2 aromatic carbocycles. The number of aryl methyl sites for hydroxylation is 2. The highest BCUT2D eigenvalue weighted by atomic mass is 32.2. The third kappa shape index (κ3) is 5.26. The van der Waals surface area contributed by atoms with E-state index in [2.05, 4.69) is 41.6 Å². The zero-order valence-electron chi connectivity index (χ0n) is 17.3. The molecule has 1 heterocycles. The lowest BCUT2D eigenvalue weighted by Crippen LogP contribution is -2.28. The molecule has 0 spiro atoms. The Morgan fingerprint density at radius 3 is 2.45 bits per heavy atom. The van der Waals surface area contributed by atoms with Gasteiger partial charge >= 0.3 is 0 Å². The molecular formula is C23H27N3O2S. The minimum atomic E-state index is -0.475. The average molecular weight is 410 g/mol. The SMILES string of the molecule is CC[C@@H](C)c1ccc(N=C2NC(=O)[C@H](CC(=O)Nc3c(C)cccc3C)S2)cc1. The Morgan fingerprint density at radius 2 is 1.83 bits per heavy atom. The average Bonchev–Trinajstić information content (AvgIpc) is 3.03. The molecule has 2 atom stereocenters. The number of anilines is 1. The fourth-order valence-corrected chi connectivity index (χ4v) is 4.18. The normalized spacial score (nSPS) is 18.6. The van der Waals surface area contributed by atoms with Gasteiger partial charge in [-0.3, -0.25) is 9.59 Å². The molecular weight excluding hydrogens is 382 g/mol. The van der Waals surface area contributed by atoms with Crippen molar-refractivity contribution in [3.63, 3.8) is 0 Å². The van der Waals surface area contributed by atoms with E-state index >= 15 is 0 Å². The highest BCUT2D eigenvalue weighted by molar-refractivity contribution is 8.15. The highest BCUT2D eigenvalue weighted by Crippen LogP contribution is 2.27. The smallest absolute Gasteiger partial charge is 0.240 e. The second-order valence-electron chi connectivity index (χ2n) is 7.43. The van der Waals surface area contributed by atoms with Crippen LogP contribution in [-0.2, 0) is 9.59 Å². The summed E-state index contributed by atoms with van der Waals surface area (Å²) >= 11 is 1.30. The molecule has 0 radical (unpaired) electrons. The van der Waals surface area contributed by atoms with Crippen molar-refractivity contribution in [2.45, 2.75) is 51.7 Å². The largest absolute Gasteiger partial charge is 0.326 e. The van der Waals surface area contributed by atoms with E-state index in [1.54, 1.807) is 0 Å². The standard InChI is InChI=1S/C23H27N3O2S/c1-5-14(2)17-9-11-18(12-10-17)24-23-26-22(28)19(29-23)13-20(27)25-21-15(3)7-6-8-16(21)4/h6-12,14,19H,5,13H2,1-4H3,(H,25,27)(H,24,26,28)/t14-,19+/m1/s1. The summed E-state index contributed by atoms with van der Waals surface area (Å²) in [6.45, 7) is 8.27. The third-order valence-electron chi connectivity index (χ3n) is 5.20. The molecule has 2 N–H and O–H groups in total. The van der Waals surface area contributed by atoms with Crippen LogP contribution in [0.5, 0.6) is 0 Å². The van der Waals surface area contributed by atoms with E-state index in [0.29, 0.717) is 11.1 Å².